The molecular weight excluding hydrogens is 230 g/mol. The van der Waals surface area contributed by atoms with Crippen molar-refractivity contribution in [2.75, 3.05) is 0 Å². The third-order valence-corrected chi connectivity index (χ3v) is 3.32. The van der Waals surface area contributed by atoms with Crippen LogP contribution in [0.4, 0.5) is 0 Å². The Kier molecular flexibility index (Phi) is 2.86. The number of rotatable bonds is 3. The van der Waals surface area contributed by atoms with Crippen molar-refractivity contribution in [1.29, 1.82) is 0 Å². The quantitative estimate of drug-likeness (QED) is 0.842. The summed E-state index contributed by atoms with van der Waals surface area (Å²) in [6.45, 7) is 0. The minimum atomic E-state index is -0.923. The Morgan fingerprint density at radius 3 is 2.88 bits per heavy atom. The van der Waals surface area contributed by atoms with Crippen LogP contribution < -0.4 is 0 Å². The van der Waals surface area contributed by atoms with Crippen molar-refractivity contribution in [3.63, 3.8) is 0 Å². The van der Waals surface area contributed by atoms with Crippen molar-refractivity contribution < 1.29 is 15.0 Å². The number of aliphatic carboxylic acids is 1. The summed E-state index contributed by atoms with van der Waals surface area (Å²) in [6, 6.07) is 1.74. The van der Waals surface area contributed by atoms with Gasteiger partial charge in [0.25, 0.3) is 0 Å². The Morgan fingerprint density at radius 2 is 2.31 bits per heavy atom. The molecule has 16 heavy (non-hydrogen) atoms. The maximum absolute atomic E-state index is 10.6. The van der Waals surface area contributed by atoms with Gasteiger partial charge in [-0.25, -0.2) is 0 Å². The summed E-state index contributed by atoms with van der Waals surface area (Å²) in [7, 11) is 0. The van der Waals surface area contributed by atoms with Crippen LogP contribution in [0.2, 0.25) is 5.02 Å². The van der Waals surface area contributed by atoms with Crippen molar-refractivity contribution in [3.05, 3.63) is 29.0 Å². The van der Waals surface area contributed by atoms with E-state index in [1.165, 1.54) is 6.20 Å². The molecule has 2 N–H and O–H groups in total. The molecule has 4 nitrogen and oxygen atoms in total. The topological polar surface area (TPSA) is 70.4 Å². The third-order valence-electron chi connectivity index (χ3n) is 2.98. The lowest BCUT2D eigenvalue weighted by Crippen LogP contribution is -2.48. The summed E-state index contributed by atoms with van der Waals surface area (Å²) in [5.41, 5.74) is -0.114. The van der Waals surface area contributed by atoms with Gasteiger partial charge < -0.3 is 10.2 Å². The van der Waals surface area contributed by atoms with Gasteiger partial charge in [-0.15, -0.1) is 0 Å². The first-order valence-electron chi connectivity index (χ1n) is 5.04. The molecule has 1 fully saturated rings. The van der Waals surface area contributed by atoms with Crippen LogP contribution in [-0.4, -0.2) is 26.8 Å². The molecule has 86 valence electrons. The summed E-state index contributed by atoms with van der Waals surface area (Å²) >= 11 is 5.92. The first kappa shape index (κ1) is 11.4. The first-order chi connectivity index (χ1) is 7.50. The molecule has 1 aromatic rings. The fourth-order valence-corrected chi connectivity index (χ4v) is 2.26. The second kappa shape index (κ2) is 4.03. The van der Waals surface area contributed by atoms with E-state index < -0.39 is 17.5 Å². The highest BCUT2D eigenvalue weighted by Crippen LogP contribution is 2.41. The van der Waals surface area contributed by atoms with Crippen LogP contribution in [-0.2, 0) is 11.2 Å². The Bertz CT molecular complexity index is 415. The molecule has 0 aromatic carbocycles. The predicted molar refractivity (Wildman–Crippen MR) is 58.3 cm³/mol. The number of carbonyl (C=O) groups is 1. The molecule has 0 radical (unpaired) electrons. The number of aromatic nitrogens is 1. The Hall–Kier alpha value is -1.13. The zero-order valence-electron chi connectivity index (χ0n) is 8.56. The summed E-state index contributed by atoms with van der Waals surface area (Å²) in [5.74, 6) is -1.27. The van der Waals surface area contributed by atoms with Crippen LogP contribution in [0.1, 0.15) is 18.4 Å². The lowest BCUT2D eigenvalue weighted by atomic mass is 9.68. The van der Waals surface area contributed by atoms with Crippen LogP contribution >= 0.6 is 11.6 Å². The molecule has 0 spiro atoms. The third kappa shape index (κ3) is 2.18. The summed E-state index contributed by atoms with van der Waals surface area (Å²) in [5, 5.41) is 19.3. The second-order valence-corrected chi connectivity index (χ2v) is 4.72. The van der Waals surface area contributed by atoms with E-state index in [2.05, 4.69) is 4.98 Å². The van der Waals surface area contributed by atoms with E-state index in [0.29, 0.717) is 24.3 Å². The molecule has 0 atom stereocenters. The predicted octanol–water partition coefficient (Wildman–Crippen LogP) is 1.50. The summed E-state index contributed by atoms with van der Waals surface area (Å²) in [4.78, 5) is 14.5. The highest BCUT2D eigenvalue weighted by atomic mass is 35.5. The van der Waals surface area contributed by atoms with Gasteiger partial charge in [0.1, 0.15) is 0 Å². The Balaban J connectivity index is 2.02. The van der Waals surface area contributed by atoms with Gasteiger partial charge in [0.15, 0.2) is 0 Å². The highest BCUT2D eigenvalue weighted by molar-refractivity contribution is 6.31. The second-order valence-electron chi connectivity index (χ2n) is 4.31. The lowest BCUT2D eigenvalue weighted by Gasteiger charge is -2.41. The van der Waals surface area contributed by atoms with Gasteiger partial charge in [0.05, 0.1) is 16.5 Å². The molecular formula is C11H12ClNO3. The van der Waals surface area contributed by atoms with Crippen molar-refractivity contribution >= 4 is 17.6 Å². The molecule has 1 aliphatic carbocycles. The maximum atomic E-state index is 10.6. The minimum absolute atomic E-state index is 0.293. The van der Waals surface area contributed by atoms with E-state index in [-0.39, 0.29) is 0 Å². The smallest absolute Gasteiger partial charge is 0.306 e. The fraction of sp³-hybridized carbons (Fsp3) is 0.455. The number of aliphatic hydroxyl groups is 1. The molecule has 1 aliphatic rings. The number of carboxylic acid groups (broad SMARTS) is 1. The van der Waals surface area contributed by atoms with E-state index in [9.17, 15) is 9.90 Å². The SMILES string of the molecule is O=C(O)C1CC(O)(Cc2ccncc2Cl)C1. The van der Waals surface area contributed by atoms with Crippen LogP contribution in [0.5, 0.6) is 0 Å². The van der Waals surface area contributed by atoms with Gasteiger partial charge in [0, 0.05) is 18.8 Å². The molecule has 2 rings (SSSR count). The number of nitrogens with zero attached hydrogens (tertiary/aromatic N) is 1. The van der Waals surface area contributed by atoms with Crippen LogP contribution in [0.3, 0.4) is 0 Å². The molecule has 1 saturated carbocycles. The van der Waals surface area contributed by atoms with E-state index in [1.807, 2.05) is 0 Å². The van der Waals surface area contributed by atoms with E-state index >= 15 is 0 Å². The average Bonchev–Trinajstić information content (AvgIpc) is 2.17. The molecule has 0 aliphatic heterocycles. The van der Waals surface area contributed by atoms with E-state index in [4.69, 9.17) is 16.7 Å². The molecule has 0 saturated heterocycles. The van der Waals surface area contributed by atoms with Gasteiger partial charge in [0.2, 0.25) is 0 Å². The first-order valence-corrected chi connectivity index (χ1v) is 5.41. The van der Waals surface area contributed by atoms with Crippen molar-refractivity contribution in [1.82, 2.24) is 4.98 Å². The molecule has 0 amide bonds. The van der Waals surface area contributed by atoms with Crippen molar-refractivity contribution in [2.45, 2.75) is 24.9 Å². The van der Waals surface area contributed by atoms with Gasteiger partial charge in [-0.1, -0.05) is 11.6 Å². The fourth-order valence-electron chi connectivity index (χ4n) is 2.08. The normalized spacial score (nSPS) is 28.5. The van der Waals surface area contributed by atoms with E-state index in [1.54, 1.807) is 12.3 Å². The lowest BCUT2D eigenvalue weighted by molar-refractivity contribution is -0.158. The molecule has 5 heteroatoms. The number of carboxylic acids is 1. The zero-order chi connectivity index (χ0) is 11.8. The Morgan fingerprint density at radius 1 is 1.62 bits per heavy atom. The van der Waals surface area contributed by atoms with Gasteiger partial charge >= 0.3 is 5.97 Å². The molecule has 0 bridgehead atoms. The minimum Gasteiger partial charge on any atom is -0.481 e. The molecule has 1 aromatic heterocycles. The zero-order valence-corrected chi connectivity index (χ0v) is 9.31. The largest absolute Gasteiger partial charge is 0.481 e. The number of pyridine rings is 1. The molecule has 1 heterocycles. The highest BCUT2D eigenvalue weighted by Gasteiger charge is 2.46. The molecule has 0 unspecified atom stereocenters. The van der Waals surface area contributed by atoms with Crippen LogP contribution in [0.25, 0.3) is 0 Å². The van der Waals surface area contributed by atoms with E-state index in [0.717, 1.165) is 5.56 Å². The van der Waals surface area contributed by atoms with Crippen LogP contribution in [0, 0.1) is 5.92 Å². The van der Waals surface area contributed by atoms with Crippen LogP contribution in [0.15, 0.2) is 18.5 Å². The number of hydrogen-bond acceptors (Lipinski definition) is 3. The number of halogens is 1. The Labute approximate surface area is 97.9 Å². The average molecular weight is 242 g/mol. The standard InChI is InChI=1S/C11H12ClNO3/c12-9-6-13-2-1-7(9)3-11(16)4-8(5-11)10(14)15/h1-2,6,8,16H,3-5H2,(H,14,15). The summed E-state index contributed by atoms with van der Waals surface area (Å²) in [6.07, 6.45) is 4.10. The van der Waals surface area contributed by atoms with Gasteiger partial charge in [-0.3, -0.25) is 9.78 Å². The van der Waals surface area contributed by atoms with Gasteiger partial charge in [-0.2, -0.15) is 0 Å². The summed E-state index contributed by atoms with van der Waals surface area (Å²) < 4.78 is 0. The maximum Gasteiger partial charge on any atom is 0.306 e. The number of hydrogen-bond donors (Lipinski definition) is 2. The van der Waals surface area contributed by atoms with Crippen molar-refractivity contribution in [3.8, 4) is 0 Å². The van der Waals surface area contributed by atoms with Crippen molar-refractivity contribution in [2.24, 2.45) is 5.92 Å². The van der Waals surface area contributed by atoms with Gasteiger partial charge in [-0.05, 0) is 24.5 Å². The monoisotopic (exact) mass is 241 g/mol.